The van der Waals surface area contributed by atoms with Crippen molar-refractivity contribution in [3.63, 3.8) is 0 Å². The van der Waals surface area contributed by atoms with Crippen LogP contribution in [0.5, 0.6) is 0 Å². The zero-order valence-electron chi connectivity index (χ0n) is 13.7. The Balaban J connectivity index is 2.07. The number of urea groups is 1. The van der Waals surface area contributed by atoms with E-state index in [0.29, 0.717) is 18.0 Å². The third kappa shape index (κ3) is 4.53. The van der Waals surface area contributed by atoms with Crippen molar-refractivity contribution in [3.8, 4) is 0 Å². The van der Waals surface area contributed by atoms with Gasteiger partial charge < -0.3 is 20.8 Å². The molecule has 0 spiro atoms. The van der Waals surface area contributed by atoms with Gasteiger partial charge in [-0.25, -0.2) is 9.78 Å². The predicted molar refractivity (Wildman–Crippen MR) is 94.9 cm³/mol. The molecule has 0 bridgehead atoms. The van der Waals surface area contributed by atoms with Crippen molar-refractivity contribution in [2.75, 3.05) is 31.4 Å². The Labute approximate surface area is 141 Å². The van der Waals surface area contributed by atoms with Gasteiger partial charge in [-0.15, -0.1) is 0 Å². The molecule has 2 rings (SSSR count). The first-order valence-electron chi connectivity index (χ1n) is 7.47. The summed E-state index contributed by atoms with van der Waals surface area (Å²) in [7, 11) is 3.34. The van der Waals surface area contributed by atoms with E-state index < -0.39 is 0 Å². The summed E-state index contributed by atoms with van der Waals surface area (Å²) in [6, 6.07) is 10.6. The molecule has 2 aromatic rings. The molecule has 0 aliphatic carbocycles. The highest BCUT2D eigenvalue weighted by molar-refractivity contribution is 5.91. The average Bonchev–Trinajstić information content (AvgIpc) is 2.62. The number of benzene rings is 1. The molecule has 1 aromatic carbocycles. The lowest BCUT2D eigenvalue weighted by molar-refractivity contribution is 0.168. The van der Waals surface area contributed by atoms with Crippen LogP contribution in [0.2, 0.25) is 0 Å². The molecule has 0 unspecified atom stereocenters. The van der Waals surface area contributed by atoms with Crippen molar-refractivity contribution in [1.82, 2.24) is 10.3 Å². The average molecular weight is 327 g/mol. The van der Waals surface area contributed by atoms with Crippen molar-refractivity contribution in [1.29, 1.82) is 5.41 Å². The van der Waals surface area contributed by atoms with Crippen molar-refractivity contribution < 1.29 is 9.53 Å². The Morgan fingerprint density at radius 3 is 2.75 bits per heavy atom. The maximum Gasteiger partial charge on any atom is 0.320 e. The third-order valence-corrected chi connectivity index (χ3v) is 3.44. The molecule has 24 heavy (non-hydrogen) atoms. The maximum absolute atomic E-state index is 12.2. The van der Waals surface area contributed by atoms with Gasteiger partial charge in [0.05, 0.1) is 24.5 Å². The Morgan fingerprint density at radius 1 is 1.38 bits per heavy atom. The van der Waals surface area contributed by atoms with E-state index in [0.717, 1.165) is 11.3 Å². The fourth-order valence-electron chi connectivity index (χ4n) is 2.25. The van der Waals surface area contributed by atoms with Gasteiger partial charge in [-0.1, -0.05) is 30.3 Å². The summed E-state index contributed by atoms with van der Waals surface area (Å²) in [5, 5.41) is 15.9. The number of nitrogens with one attached hydrogen (secondary N) is 4. The van der Waals surface area contributed by atoms with E-state index in [1.165, 1.54) is 6.21 Å². The highest BCUT2D eigenvalue weighted by atomic mass is 16.5. The normalized spacial score (nSPS) is 11.4. The zero-order valence-corrected chi connectivity index (χ0v) is 13.7. The highest BCUT2D eigenvalue weighted by Gasteiger charge is 2.15. The molecule has 126 valence electrons. The molecule has 0 aliphatic heterocycles. The number of carbonyl (C=O) groups excluding carboxylic acids is 1. The van der Waals surface area contributed by atoms with Gasteiger partial charge in [-0.05, 0) is 11.6 Å². The Morgan fingerprint density at radius 2 is 2.12 bits per heavy atom. The second-order valence-electron chi connectivity index (χ2n) is 5.07. The first-order valence-corrected chi connectivity index (χ1v) is 7.47. The number of ether oxygens (including phenoxy) is 1. The van der Waals surface area contributed by atoms with Gasteiger partial charge >= 0.3 is 6.03 Å². The molecule has 7 nitrogen and oxygen atoms in total. The van der Waals surface area contributed by atoms with Crippen LogP contribution in [0, 0.1) is 5.41 Å². The fraction of sp³-hybridized carbons (Fsp3) is 0.235. The maximum atomic E-state index is 12.2. The molecule has 4 N–H and O–H groups in total. The summed E-state index contributed by atoms with van der Waals surface area (Å²) < 4.78 is 5.18. The number of amides is 2. The molecule has 0 fully saturated rings. The van der Waals surface area contributed by atoms with Crippen LogP contribution >= 0.6 is 0 Å². The second kappa shape index (κ2) is 8.64. The van der Waals surface area contributed by atoms with Crippen molar-refractivity contribution in [2.45, 2.75) is 6.04 Å². The van der Waals surface area contributed by atoms with Crippen molar-refractivity contribution >= 4 is 23.8 Å². The molecule has 0 aliphatic rings. The lowest BCUT2D eigenvalue weighted by Crippen LogP contribution is -2.35. The van der Waals surface area contributed by atoms with Crippen LogP contribution < -0.4 is 16.0 Å². The standard InChI is InChI=1S/C17H21N5O2/c1-19-14-10-20-16(8-13(14)9-18)22-17(23)21-15(11-24-2)12-6-4-3-5-7-12/h3-10,15,18-19H,11H2,1-2H3,(H2,20,21,22,23)/t15-/m1/s1. The molecule has 1 aromatic heterocycles. The van der Waals surface area contributed by atoms with Gasteiger partial charge in [0.15, 0.2) is 0 Å². The summed E-state index contributed by atoms with van der Waals surface area (Å²) in [4.78, 5) is 16.4. The van der Waals surface area contributed by atoms with Gasteiger partial charge in [0.1, 0.15) is 5.82 Å². The monoisotopic (exact) mass is 327 g/mol. The summed E-state index contributed by atoms with van der Waals surface area (Å²) >= 11 is 0. The minimum Gasteiger partial charge on any atom is -0.386 e. The largest absolute Gasteiger partial charge is 0.386 e. The fourth-order valence-corrected chi connectivity index (χ4v) is 2.25. The Bertz CT molecular complexity index is 691. The van der Waals surface area contributed by atoms with E-state index in [4.69, 9.17) is 10.1 Å². The van der Waals surface area contributed by atoms with E-state index in [-0.39, 0.29) is 12.1 Å². The van der Waals surface area contributed by atoms with Crippen LogP contribution in [0.25, 0.3) is 0 Å². The summed E-state index contributed by atoms with van der Waals surface area (Å²) in [5.74, 6) is 0.370. The van der Waals surface area contributed by atoms with Crippen LogP contribution in [-0.4, -0.2) is 38.0 Å². The number of nitrogens with zero attached hydrogens (tertiary/aromatic N) is 1. The van der Waals surface area contributed by atoms with Crippen LogP contribution in [0.4, 0.5) is 16.3 Å². The first-order chi connectivity index (χ1) is 11.7. The number of carbonyl (C=O) groups is 1. The molecule has 1 atom stereocenters. The van der Waals surface area contributed by atoms with Crippen LogP contribution in [-0.2, 0) is 4.74 Å². The summed E-state index contributed by atoms with van der Waals surface area (Å²) in [5.41, 5.74) is 2.31. The van der Waals surface area contributed by atoms with Crippen molar-refractivity contribution in [3.05, 3.63) is 53.7 Å². The van der Waals surface area contributed by atoms with E-state index in [1.807, 2.05) is 30.3 Å². The van der Waals surface area contributed by atoms with E-state index >= 15 is 0 Å². The smallest absolute Gasteiger partial charge is 0.320 e. The molecule has 0 saturated carbocycles. The minimum absolute atomic E-state index is 0.269. The number of aromatic nitrogens is 1. The van der Waals surface area contributed by atoms with Gasteiger partial charge in [-0.2, -0.15) is 0 Å². The number of anilines is 2. The third-order valence-electron chi connectivity index (χ3n) is 3.44. The number of rotatable bonds is 7. The number of hydrogen-bond acceptors (Lipinski definition) is 5. The number of methoxy groups -OCH3 is 1. The summed E-state index contributed by atoms with van der Waals surface area (Å²) in [6.07, 6.45) is 2.77. The molecular formula is C17H21N5O2. The molecule has 0 saturated heterocycles. The first kappa shape index (κ1) is 17.4. The van der Waals surface area contributed by atoms with Gasteiger partial charge in [-0.3, -0.25) is 5.32 Å². The SMILES string of the molecule is CNc1cnc(NC(=O)N[C@H](COC)c2ccccc2)cc1C=N. The van der Waals surface area contributed by atoms with Crippen LogP contribution in [0.3, 0.4) is 0 Å². The lowest BCUT2D eigenvalue weighted by atomic mass is 10.1. The minimum atomic E-state index is -0.387. The number of pyridine rings is 1. The molecule has 0 radical (unpaired) electrons. The molecule has 1 heterocycles. The quantitative estimate of drug-likeness (QED) is 0.587. The molecular weight excluding hydrogens is 306 g/mol. The second-order valence-corrected chi connectivity index (χ2v) is 5.07. The van der Waals surface area contributed by atoms with Crippen LogP contribution in [0.15, 0.2) is 42.6 Å². The van der Waals surface area contributed by atoms with Gasteiger partial charge in [0.2, 0.25) is 0 Å². The highest BCUT2D eigenvalue weighted by Crippen LogP contribution is 2.16. The van der Waals surface area contributed by atoms with Crippen LogP contribution in [0.1, 0.15) is 17.2 Å². The zero-order chi connectivity index (χ0) is 17.4. The van der Waals surface area contributed by atoms with E-state index in [2.05, 4.69) is 20.9 Å². The topological polar surface area (TPSA) is 99.1 Å². The molecule has 2 amide bonds. The number of hydrogen-bond donors (Lipinski definition) is 4. The Hall–Kier alpha value is -2.93. The summed E-state index contributed by atoms with van der Waals surface area (Å²) in [6.45, 7) is 0.356. The van der Waals surface area contributed by atoms with E-state index in [9.17, 15) is 4.79 Å². The van der Waals surface area contributed by atoms with E-state index in [1.54, 1.807) is 26.4 Å². The Kier molecular flexibility index (Phi) is 6.27. The lowest BCUT2D eigenvalue weighted by Gasteiger charge is -2.18. The molecule has 7 heteroatoms. The van der Waals surface area contributed by atoms with Gasteiger partial charge in [0, 0.05) is 25.9 Å². The predicted octanol–water partition coefficient (Wildman–Crippen LogP) is 2.63. The van der Waals surface area contributed by atoms with Gasteiger partial charge in [0.25, 0.3) is 0 Å². The van der Waals surface area contributed by atoms with Crippen molar-refractivity contribution in [2.24, 2.45) is 0 Å².